The minimum atomic E-state index is 0.586. The van der Waals surface area contributed by atoms with Crippen LogP contribution in [-0.2, 0) is 6.42 Å². The van der Waals surface area contributed by atoms with Gasteiger partial charge in [-0.2, -0.15) is 0 Å². The molecule has 0 amide bonds. The summed E-state index contributed by atoms with van der Waals surface area (Å²) in [5.41, 5.74) is 3.86. The van der Waals surface area contributed by atoms with Gasteiger partial charge in [-0.05, 0) is 42.3 Å². The van der Waals surface area contributed by atoms with Crippen LogP contribution in [0.5, 0.6) is 0 Å². The van der Waals surface area contributed by atoms with Gasteiger partial charge < -0.3 is 10.2 Å². The third kappa shape index (κ3) is 3.30. The number of para-hydroxylation sites is 1. The first-order valence-electron chi connectivity index (χ1n) is 7.96. The lowest BCUT2D eigenvalue weighted by Crippen LogP contribution is -2.32. The van der Waals surface area contributed by atoms with Crippen LogP contribution in [-0.4, -0.2) is 23.1 Å². The highest BCUT2D eigenvalue weighted by Gasteiger charge is 2.25. The fraction of sp³-hybridized carbons (Fsp3) is 0.316. The van der Waals surface area contributed by atoms with Crippen molar-refractivity contribution in [2.24, 2.45) is 0 Å². The van der Waals surface area contributed by atoms with E-state index in [1.165, 1.54) is 17.5 Å². The van der Waals surface area contributed by atoms with Gasteiger partial charge in [-0.15, -0.1) is 0 Å². The predicted octanol–water partition coefficient (Wildman–Crippen LogP) is 4.44. The summed E-state index contributed by atoms with van der Waals surface area (Å²) in [6.45, 7) is 4.20. The molecule has 114 valence electrons. The van der Waals surface area contributed by atoms with Crippen molar-refractivity contribution in [2.45, 2.75) is 25.7 Å². The van der Waals surface area contributed by atoms with Gasteiger partial charge in [-0.25, -0.2) is 0 Å². The smallest absolute Gasteiger partial charge is 0.173 e. The highest BCUT2D eigenvalue weighted by molar-refractivity contribution is 7.80. The van der Waals surface area contributed by atoms with Gasteiger partial charge in [0, 0.05) is 24.7 Å². The molecule has 1 atom stereocenters. The third-order valence-corrected chi connectivity index (χ3v) is 4.75. The van der Waals surface area contributed by atoms with Crippen LogP contribution < -0.4 is 5.32 Å². The van der Waals surface area contributed by atoms with E-state index in [0.29, 0.717) is 5.92 Å². The summed E-state index contributed by atoms with van der Waals surface area (Å²) in [6, 6.07) is 19.1. The lowest BCUT2D eigenvalue weighted by atomic mass is 9.99. The van der Waals surface area contributed by atoms with E-state index < -0.39 is 0 Å². The zero-order chi connectivity index (χ0) is 15.4. The zero-order valence-corrected chi connectivity index (χ0v) is 13.8. The molecular weight excluding hydrogens is 288 g/mol. The van der Waals surface area contributed by atoms with E-state index in [1.54, 1.807) is 0 Å². The van der Waals surface area contributed by atoms with Crippen LogP contribution in [0.3, 0.4) is 0 Å². The number of hydrogen-bond acceptors (Lipinski definition) is 1. The highest BCUT2D eigenvalue weighted by Crippen LogP contribution is 2.27. The number of benzene rings is 2. The Morgan fingerprint density at radius 3 is 2.64 bits per heavy atom. The minimum absolute atomic E-state index is 0.586. The van der Waals surface area contributed by atoms with Gasteiger partial charge in [0.2, 0.25) is 0 Å². The van der Waals surface area contributed by atoms with Gasteiger partial charge in [0.1, 0.15) is 0 Å². The van der Waals surface area contributed by atoms with Crippen LogP contribution in [0.25, 0.3) is 0 Å². The molecule has 0 radical (unpaired) electrons. The van der Waals surface area contributed by atoms with Crippen molar-refractivity contribution in [3.63, 3.8) is 0 Å². The SMILES string of the molecule is CCc1ccccc1NC(=S)N1CCC(c2ccccc2)C1. The average Bonchev–Trinajstić information content (AvgIpc) is 3.06. The molecule has 0 aliphatic carbocycles. The maximum absolute atomic E-state index is 5.62. The molecule has 2 aromatic rings. The maximum atomic E-state index is 5.62. The quantitative estimate of drug-likeness (QED) is 0.844. The van der Waals surface area contributed by atoms with Crippen molar-refractivity contribution in [1.82, 2.24) is 4.90 Å². The maximum Gasteiger partial charge on any atom is 0.173 e. The summed E-state index contributed by atoms with van der Waals surface area (Å²) >= 11 is 5.62. The minimum Gasteiger partial charge on any atom is -0.348 e. The highest BCUT2D eigenvalue weighted by atomic mass is 32.1. The van der Waals surface area contributed by atoms with Gasteiger partial charge in [0.25, 0.3) is 0 Å². The number of likely N-dealkylation sites (tertiary alicyclic amines) is 1. The summed E-state index contributed by atoms with van der Waals surface area (Å²) in [4.78, 5) is 2.29. The van der Waals surface area contributed by atoms with Crippen molar-refractivity contribution in [3.05, 3.63) is 65.7 Å². The molecule has 2 nitrogen and oxygen atoms in total. The van der Waals surface area contributed by atoms with Crippen molar-refractivity contribution in [2.75, 3.05) is 18.4 Å². The van der Waals surface area contributed by atoms with E-state index in [-0.39, 0.29) is 0 Å². The topological polar surface area (TPSA) is 15.3 Å². The molecule has 1 fully saturated rings. The second-order valence-electron chi connectivity index (χ2n) is 5.78. The Kier molecular flexibility index (Phi) is 4.74. The molecule has 1 unspecified atom stereocenters. The Balaban J connectivity index is 1.64. The van der Waals surface area contributed by atoms with E-state index >= 15 is 0 Å². The lowest BCUT2D eigenvalue weighted by Gasteiger charge is -2.22. The van der Waals surface area contributed by atoms with Crippen molar-refractivity contribution < 1.29 is 0 Å². The number of aryl methyl sites for hydroxylation is 1. The van der Waals surface area contributed by atoms with E-state index in [9.17, 15) is 0 Å². The molecule has 1 aliphatic heterocycles. The molecule has 1 N–H and O–H groups in total. The lowest BCUT2D eigenvalue weighted by molar-refractivity contribution is 0.518. The standard InChI is InChI=1S/C19H22N2S/c1-2-15-8-6-7-11-18(15)20-19(22)21-13-12-17(14-21)16-9-4-3-5-10-16/h3-11,17H,2,12-14H2,1H3,(H,20,22). The molecular formula is C19H22N2S. The fourth-order valence-electron chi connectivity index (χ4n) is 3.09. The third-order valence-electron chi connectivity index (χ3n) is 4.39. The summed E-state index contributed by atoms with van der Waals surface area (Å²) in [6.07, 6.45) is 2.18. The van der Waals surface area contributed by atoms with Crippen molar-refractivity contribution in [3.8, 4) is 0 Å². The number of nitrogens with zero attached hydrogens (tertiary/aromatic N) is 1. The predicted molar refractivity (Wildman–Crippen MR) is 97.4 cm³/mol. The first-order chi connectivity index (χ1) is 10.8. The Morgan fingerprint density at radius 2 is 1.86 bits per heavy atom. The normalized spacial score (nSPS) is 17.5. The number of nitrogens with one attached hydrogen (secondary N) is 1. The molecule has 3 rings (SSSR count). The molecule has 1 saturated heterocycles. The van der Waals surface area contributed by atoms with Gasteiger partial charge in [0.15, 0.2) is 5.11 Å². The van der Waals surface area contributed by atoms with Crippen LogP contribution in [0, 0.1) is 0 Å². The monoisotopic (exact) mass is 310 g/mol. The molecule has 2 aromatic carbocycles. The zero-order valence-electron chi connectivity index (χ0n) is 13.0. The Labute approximate surface area is 138 Å². The molecule has 1 heterocycles. The van der Waals surface area contributed by atoms with Crippen molar-refractivity contribution in [1.29, 1.82) is 0 Å². The van der Waals surface area contributed by atoms with Crippen LogP contribution in [0.1, 0.15) is 30.4 Å². The van der Waals surface area contributed by atoms with Gasteiger partial charge in [0.05, 0.1) is 0 Å². The number of thiocarbonyl (C=S) groups is 1. The summed E-state index contributed by atoms with van der Waals surface area (Å²) in [5.74, 6) is 0.586. The number of hydrogen-bond donors (Lipinski definition) is 1. The number of anilines is 1. The molecule has 0 bridgehead atoms. The first kappa shape index (κ1) is 15.0. The van der Waals surface area contributed by atoms with Crippen LogP contribution in [0.4, 0.5) is 5.69 Å². The van der Waals surface area contributed by atoms with Crippen LogP contribution >= 0.6 is 12.2 Å². The largest absolute Gasteiger partial charge is 0.348 e. The molecule has 0 saturated carbocycles. The second-order valence-corrected chi connectivity index (χ2v) is 6.17. The summed E-state index contributed by atoms with van der Waals surface area (Å²) in [5, 5.41) is 4.28. The first-order valence-corrected chi connectivity index (χ1v) is 8.37. The van der Waals surface area contributed by atoms with E-state index in [0.717, 1.165) is 30.3 Å². The van der Waals surface area contributed by atoms with Crippen molar-refractivity contribution >= 4 is 23.0 Å². The number of rotatable bonds is 3. The Hall–Kier alpha value is -1.87. The molecule has 22 heavy (non-hydrogen) atoms. The van der Waals surface area contributed by atoms with Crippen LogP contribution in [0.15, 0.2) is 54.6 Å². The van der Waals surface area contributed by atoms with E-state index in [1.807, 2.05) is 0 Å². The van der Waals surface area contributed by atoms with E-state index in [2.05, 4.69) is 71.7 Å². The molecule has 0 aromatic heterocycles. The molecule has 1 aliphatic rings. The second kappa shape index (κ2) is 6.93. The van der Waals surface area contributed by atoms with E-state index in [4.69, 9.17) is 12.2 Å². The Morgan fingerprint density at radius 1 is 1.14 bits per heavy atom. The summed E-state index contributed by atoms with van der Waals surface area (Å²) in [7, 11) is 0. The average molecular weight is 310 g/mol. The molecule has 3 heteroatoms. The fourth-order valence-corrected chi connectivity index (χ4v) is 3.36. The Bertz CT molecular complexity index is 639. The van der Waals surface area contributed by atoms with Gasteiger partial charge >= 0.3 is 0 Å². The molecule has 0 spiro atoms. The van der Waals surface area contributed by atoms with Gasteiger partial charge in [-0.1, -0.05) is 55.5 Å². The summed E-state index contributed by atoms with van der Waals surface area (Å²) < 4.78 is 0. The van der Waals surface area contributed by atoms with Crippen LogP contribution in [0.2, 0.25) is 0 Å². The van der Waals surface area contributed by atoms with Gasteiger partial charge in [-0.3, -0.25) is 0 Å².